The predicted molar refractivity (Wildman–Crippen MR) is 108 cm³/mol. The van der Waals surface area contributed by atoms with Gasteiger partial charge in [-0.05, 0) is 48.2 Å². The standard InChI is InChI=1S/C23H30N2O3/c1-22-10-4-5-11-23(22,27)20(25(2,3)15-18-7-6-12-28-18)14-16-8-9-17(21(24)26)13-19(16)22/h6-9,12-13,20,27H,4-5,10-11,14-15H2,1-3H3,(H-,24,26)/p+1/t20-,22?,23-/m1/s1. The van der Waals surface area contributed by atoms with Crippen molar-refractivity contribution < 1.29 is 18.8 Å². The van der Waals surface area contributed by atoms with Crippen LogP contribution in [-0.4, -0.2) is 41.2 Å². The van der Waals surface area contributed by atoms with Gasteiger partial charge in [0, 0.05) is 17.4 Å². The van der Waals surface area contributed by atoms with E-state index in [1.165, 1.54) is 5.56 Å². The number of nitrogens with zero attached hydrogens (tertiary/aromatic N) is 1. The van der Waals surface area contributed by atoms with Gasteiger partial charge in [0.25, 0.3) is 0 Å². The Hall–Kier alpha value is -2.11. The van der Waals surface area contributed by atoms with Crippen molar-refractivity contribution in [1.29, 1.82) is 0 Å². The highest BCUT2D eigenvalue weighted by molar-refractivity contribution is 5.93. The Morgan fingerprint density at radius 2 is 2.04 bits per heavy atom. The average molecular weight is 384 g/mol. The molecule has 5 heteroatoms. The van der Waals surface area contributed by atoms with Crippen LogP contribution >= 0.6 is 0 Å². The molecule has 1 saturated carbocycles. The third kappa shape index (κ3) is 2.80. The van der Waals surface area contributed by atoms with Crippen molar-refractivity contribution in [2.45, 2.75) is 62.6 Å². The van der Waals surface area contributed by atoms with Crippen LogP contribution in [0.4, 0.5) is 0 Å². The van der Waals surface area contributed by atoms with Crippen LogP contribution in [0.2, 0.25) is 0 Å². The topological polar surface area (TPSA) is 76.5 Å². The van der Waals surface area contributed by atoms with Crippen LogP contribution in [0, 0.1) is 0 Å². The van der Waals surface area contributed by atoms with E-state index in [2.05, 4.69) is 21.0 Å². The molecular weight excluding hydrogens is 352 g/mol. The number of carbonyl (C=O) groups is 1. The average Bonchev–Trinajstić information content (AvgIpc) is 3.13. The van der Waals surface area contributed by atoms with Crippen LogP contribution < -0.4 is 5.73 Å². The van der Waals surface area contributed by atoms with Gasteiger partial charge < -0.3 is 19.7 Å². The van der Waals surface area contributed by atoms with Crippen molar-refractivity contribution in [2.24, 2.45) is 5.73 Å². The third-order valence-electron chi connectivity index (χ3n) is 7.38. The number of hydrogen-bond acceptors (Lipinski definition) is 3. The van der Waals surface area contributed by atoms with E-state index in [0.29, 0.717) is 10.0 Å². The molecule has 5 nitrogen and oxygen atoms in total. The molecule has 4 rings (SSSR count). The molecule has 3 N–H and O–H groups in total. The van der Waals surface area contributed by atoms with Gasteiger partial charge in [0.15, 0.2) is 5.76 Å². The number of primary amides is 1. The summed E-state index contributed by atoms with van der Waals surface area (Å²) in [6.07, 6.45) is 6.26. The van der Waals surface area contributed by atoms with Crippen molar-refractivity contribution in [3.63, 3.8) is 0 Å². The number of nitrogens with two attached hydrogens (primary N) is 1. The summed E-state index contributed by atoms with van der Waals surface area (Å²) >= 11 is 0. The number of amides is 1. The van der Waals surface area contributed by atoms with Crippen LogP contribution in [0.15, 0.2) is 41.0 Å². The lowest BCUT2D eigenvalue weighted by molar-refractivity contribution is -0.937. The number of benzene rings is 1. The summed E-state index contributed by atoms with van der Waals surface area (Å²) in [6, 6.07) is 9.73. The van der Waals surface area contributed by atoms with Gasteiger partial charge in [-0.1, -0.05) is 25.8 Å². The molecule has 0 radical (unpaired) electrons. The summed E-state index contributed by atoms with van der Waals surface area (Å²) in [5.41, 5.74) is 7.15. The molecule has 150 valence electrons. The zero-order valence-electron chi connectivity index (χ0n) is 17.1. The first-order chi connectivity index (χ1) is 13.2. The summed E-state index contributed by atoms with van der Waals surface area (Å²) in [5, 5.41) is 12.2. The SMILES string of the molecule is CC12CCCC[C@@]1(O)[C@H]([N+](C)(C)Cc1ccco1)Cc1ccc(C(N)=O)cc12. The maximum absolute atomic E-state index is 12.2. The fourth-order valence-corrected chi connectivity index (χ4v) is 5.81. The second-order valence-corrected chi connectivity index (χ2v) is 9.44. The van der Waals surface area contributed by atoms with E-state index in [1.54, 1.807) is 6.26 Å². The zero-order valence-corrected chi connectivity index (χ0v) is 17.1. The molecule has 1 aromatic heterocycles. The third-order valence-corrected chi connectivity index (χ3v) is 7.38. The van der Waals surface area contributed by atoms with E-state index in [1.807, 2.05) is 30.3 Å². The molecule has 0 aliphatic heterocycles. The first-order valence-electron chi connectivity index (χ1n) is 10.2. The van der Waals surface area contributed by atoms with Gasteiger partial charge in [0.1, 0.15) is 18.2 Å². The quantitative estimate of drug-likeness (QED) is 0.797. The molecule has 28 heavy (non-hydrogen) atoms. The van der Waals surface area contributed by atoms with Gasteiger partial charge in [0.2, 0.25) is 5.91 Å². The van der Waals surface area contributed by atoms with Gasteiger partial charge in [-0.2, -0.15) is 0 Å². The molecule has 2 aromatic rings. The highest BCUT2D eigenvalue weighted by Gasteiger charge is 2.62. The number of fused-ring (bicyclic) bond motifs is 3. The first-order valence-corrected chi connectivity index (χ1v) is 10.2. The fraction of sp³-hybridized carbons (Fsp3) is 0.522. The van der Waals surface area contributed by atoms with E-state index in [-0.39, 0.29) is 6.04 Å². The molecule has 0 saturated heterocycles. The highest BCUT2D eigenvalue weighted by atomic mass is 16.3. The van der Waals surface area contributed by atoms with E-state index in [0.717, 1.165) is 50.0 Å². The zero-order chi connectivity index (χ0) is 20.2. The smallest absolute Gasteiger partial charge is 0.248 e. The number of rotatable bonds is 4. The number of hydrogen-bond donors (Lipinski definition) is 2. The Balaban J connectivity index is 1.82. The van der Waals surface area contributed by atoms with Gasteiger partial charge in [0.05, 0.1) is 20.4 Å². The summed E-state index contributed by atoms with van der Waals surface area (Å²) in [4.78, 5) is 11.8. The van der Waals surface area contributed by atoms with E-state index in [4.69, 9.17) is 10.2 Å². The molecule has 3 atom stereocenters. The van der Waals surface area contributed by atoms with Crippen LogP contribution in [-0.2, 0) is 18.4 Å². The second-order valence-electron chi connectivity index (χ2n) is 9.44. The maximum atomic E-state index is 12.2. The molecule has 0 bridgehead atoms. The number of furan rings is 1. The minimum atomic E-state index is -0.843. The Morgan fingerprint density at radius 3 is 2.71 bits per heavy atom. The van der Waals surface area contributed by atoms with Gasteiger partial charge in [-0.25, -0.2) is 0 Å². The maximum Gasteiger partial charge on any atom is 0.248 e. The fourth-order valence-electron chi connectivity index (χ4n) is 5.81. The van der Waals surface area contributed by atoms with E-state index in [9.17, 15) is 9.90 Å². The summed E-state index contributed by atoms with van der Waals surface area (Å²) in [7, 11) is 4.37. The predicted octanol–water partition coefficient (Wildman–Crippen LogP) is 3.14. The number of aliphatic hydroxyl groups is 1. The largest absolute Gasteiger partial charge is 0.463 e. The Kier molecular flexibility index (Phi) is 4.43. The van der Waals surface area contributed by atoms with Gasteiger partial charge >= 0.3 is 0 Å². The minimum absolute atomic E-state index is 0.0369. The molecule has 1 unspecified atom stereocenters. The molecule has 1 heterocycles. The lowest BCUT2D eigenvalue weighted by Crippen LogP contribution is -2.71. The summed E-state index contributed by atoms with van der Waals surface area (Å²) < 4.78 is 6.27. The highest BCUT2D eigenvalue weighted by Crippen LogP contribution is 2.54. The normalized spacial score (nSPS) is 29.8. The van der Waals surface area contributed by atoms with E-state index >= 15 is 0 Å². The minimum Gasteiger partial charge on any atom is -0.463 e. The van der Waals surface area contributed by atoms with Crippen LogP contribution in [0.25, 0.3) is 0 Å². The Bertz CT molecular complexity index is 889. The number of quaternary nitrogens is 1. The molecule has 1 amide bonds. The molecular formula is C23H31N2O3+. The van der Waals surface area contributed by atoms with Crippen LogP contribution in [0.1, 0.15) is 59.9 Å². The second kappa shape index (κ2) is 6.46. The van der Waals surface area contributed by atoms with E-state index < -0.39 is 16.9 Å². The number of carbonyl (C=O) groups excluding carboxylic acids is 1. The first kappa shape index (κ1) is 19.2. The number of likely N-dealkylation sites (N-methyl/N-ethyl adjacent to an activating group) is 1. The monoisotopic (exact) mass is 383 g/mol. The summed E-state index contributed by atoms with van der Waals surface area (Å²) in [6.45, 7) is 2.90. The molecule has 2 aliphatic rings. The summed E-state index contributed by atoms with van der Waals surface area (Å²) in [5.74, 6) is 0.516. The van der Waals surface area contributed by atoms with Crippen molar-refractivity contribution in [3.05, 3.63) is 59.0 Å². The molecule has 1 aromatic carbocycles. The Morgan fingerprint density at radius 1 is 1.29 bits per heavy atom. The Labute approximate surface area is 166 Å². The lowest BCUT2D eigenvalue weighted by Gasteiger charge is -2.59. The van der Waals surface area contributed by atoms with Crippen molar-refractivity contribution in [3.8, 4) is 0 Å². The molecule has 1 fully saturated rings. The van der Waals surface area contributed by atoms with Crippen LogP contribution in [0.5, 0.6) is 0 Å². The van der Waals surface area contributed by atoms with Gasteiger partial charge in [-0.15, -0.1) is 0 Å². The molecule has 0 spiro atoms. The van der Waals surface area contributed by atoms with Crippen LogP contribution in [0.3, 0.4) is 0 Å². The molecule has 2 aliphatic carbocycles. The van der Waals surface area contributed by atoms with Crippen molar-refractivity contribution in [2.75, 3.05) is 14.1 Å². The van der Waals surface area contributed by atoms with Crippen molar-refractivity contribution >= 4 is 5.91 Å². The lowest BCUT2D eigenvalue weighted by atomic mass is 9.53. The van der Waals surface area contributed by atoms with Gasteiger partial charge in [-0.3, -0.25) is 4.79 Å². The van der Waals surface area contributed by atoms with Crippen molar-refractivity contribution in [1.82, 2.24) is 0 Å².